The lowest BCUT2D eigenvalue weighted by Gasteiger charge is -2.19. The number of hydrogen-bond acceptors (Lipinski definition) is 0. The minimum absolute atomic E-state index is 1.12. The fourth-order valence-corrected chi connectivity index (χ4v) is 8.12. The standard InChI is InChI=1S/C49H38/c1-4-10-40-32(3)11-9-16-41(40)38-23-24-44-47(28-38)46(36-21-19-33-12-5-6-13-35(33)26-36)30-48-43-15-8-7-14-42(43)45(29-49(44)48)37-22-20-34-18-17-31(2)25-39(34)27-37/h4-16,19-30H,17-18H2,1-3H3/b10-4-. The van der Waals surface area contributed by atoms with Crippen LogP contribution in [-0.2, 0) is 6.42 Å². The Balaban J connectivity index is 1.37. The Morgan fingerprint density at radius 1 is 0.469 bits per heavy atom. The molecule has 0 radical (unpaired) electrons. The molecular weight excluding hydrogens is 589 g/mol. The lowest BCUT2D eigenvalue weighted by molar-refractivity contribution is 0.928. The molecule has 0 spiro atoms. The zero-order valence-electron chi connectivity index (χ0n) is 28.3. The van der Waals surface area contributed by atoms with E-state index in [0.29, 0.717) is 0 Å². The minimum atomic E-state index is 1.12. The molecule has 0 N–H and O–H groups in total. The molecule has 8 aromatic rings. The summed E-state index contributed by atoms with van der Waals surface area (Å²) in [6.45, 7) is 6.56. The number of aryl methyl sites for hydroxylation is 2. The van der Waals surface area contributed by atoms with Gasteiger partial charge in [-0.15, -0.1) is 0 Å². The average molecular weight is 627 g/mol. The highest BCUT2D eigenvalue weighted by atomic mass is 14.2. The van der Waals surface area contributed by atoms with Crippen molar-refractivity contribution < 1.29 is 0 Å². The monoisotopic (exact) mass is 626 g/mol. The third-order valence-electron chi connectivity index (χ3n) is 10.7. The first-order valence-corrected chi connectivity index (χ1v) is 17.5. The fourth-order valence-electron chi connectivity index (χ4n) is 8.12. The van der Waals surface area contributed by atoms with Crippen molar-refractivity contribution in [3.8, 4) is 33.4 Å². The predicted octanol–water partition coefficient (Wildman–Crippen LogP) is 14.0. The minimum Gasteiger partial charge on any atom is -0.0870 e. The summed E-state index contributed by atoms with van der Waals surface area (Å²) in [6, 6.07) is 50.4. The van der Waals surface area contributed by atoms with E-state index >= 15 is 0 Å². The molecule has 0 unspecified atom stereocenters. The Labute approximate surface area is 288 Å². The maximum atomic E-state index is 2.46. The van der Waals surface area contributed by atoms with Crippen molar-refractivity contribution in [3.63, 3.8) is 0 Å². The van der Waals surface area contributed by atoms with Gasteiger partial charge in [0.25, 0.3) is 0 Å². The van der Waals surface area contributed by atoms with Crippen LogP contribution >= 0.6 is 0 Å². The Morgan fingerprint density at radius 3 is 1.98 bits per heavy atom. The van der Waals surface area contributed by atoms with Crippen LogP contribution in [-0.4, -0.2) is 0 Å². The van der Waals surface area contributed by atoms with Crippen LogP contribution in [0.5, 0.6) is 0 Å². The van der Waals surface area contributed by atoms with E-state index in [-0.39, 0.29) is 0 Å². The number of benzene rings is 8. The van der Waals surface area contributed by atoms with Crippen molar-refractivity contribution >= 4 is 55.2 Å². The molecule has 0 saturated carbocycles. The third kappa shape index (κ3) is 4.99. The summed E-state index contributed by atoms with van der Waals surface area (Å²) in [4.78, 5) is 0. The van der Waals surface area contributed by atoms with Gasteiger partial charge in [0.1, 0.15) is 0 Å². The highest BCUT2D eigenvalue weighted by molar-refractivity contribution is 6.24. The summed E-state index contributed by atoms with van der Waals surface area (Å²) in [7, 11) is 0. The molecule has 49 heavy (non-hydrogen) atoms. The van der Waals surface area contributed by atoms with Gasteiger partial charge >= 0.3 is 0 Å². The Kier molecular flexibility index (Phi) is 7.06. The van der Waals surface area contributed by atoms with Gasteiger partial charge in [0.05, 0.1) is 0 Å². The molecule has 0 amide bonds. The first-order valence-electron chi connectivity index (χ1n) is 17.5. The van der Waals surface area contributed by atoms with Crippen molar-refractivity contribution in [3.05, 3.63) is 167 Å². The predicted molar refractivity (Wildman–Crippen MR) is 214 cm³/mol. The molecule has 1 aliphatic rings. The highest BCUT2D eigenvalue weighted by Crippen LogP contribution is 2.44. The average Bonchev–Trinajstić information content (AvgIpc) is 3.14. The molecule has 0 aromatic heterocycles. The lowest BCUT2D eigenvalue weighted by Crippen LogP contribution is -1.98. The van der Waals surface area contributed by atoms with Crippen LogP contribution in [0.15, 0.2) is 145 Å². The molecule has 0 fully saturated rings. The molecule has 0 heterocycles. The SMILES string of the molecule is C/C=C\c1c(C)cccc1-c1ccc2c(c1)c(-c1ccc3ccccc3c1)cc1c3ccccc3c(-c3ccc4c(c3)C=C(C)CC4)cc21. The number of fused-ring (bicyclic) bond motifs is 7. The molecule has 1 aliphatic carbocycles. The molecular formula is C49H38. The molecule has 0 bridgehead atoms. The summed E-state index contributed by atoms with van der Waals surface area (Å²) in [5, 5.41) is 10.3. The third-order valence-corrected chi connectivity index (χ3v) is 10.7. The number of rotatable bonds is 4. The van der Waals surface area contributed by atoms with E-state index in [0.717, 1.165) is 12.8 Å². The normalized spacial score (nSPS) is 13.1. The zero-order chi connectivity index (χ0) is 33.1. The quantitative estimate of drug-likeness (QED) is 0.171. The van der Waals surface area contributed by atoms with Gasteiger partial charge in [0, 0.05) is 0 Å². The summed E-state index contributed by atoms with van der Waals surface area (Å²) >= 11 is 0. The van der Waals surface area contributed by atoms with E-state index in [4.69, 9.17) is 0 Å². The van der Waals surface area contributed by atoms with Crippen LogP contribution in [0.25, 0.3) is 88.6 Å². The smallest absolute Gasteiger partial charge is 0.00923 e. The second-order valence-electron chi connectivity index (χ2n) is 13.8. The zero-order valence-corrected chi connectivity index (χ0v) is 28.3. The van der Waals surface area contributed by atoms with Gasteiger partial charge in [0.15, 0.2) is 0 Å². The molecule has 0 heteroatoms. The van der Waals surface area contributed by atoms with Crippen LogP contribution in [0, 0.1) is 6.92 Å². The molecule has 0 saturated heterocycles. The van der Waals surface area contributed by atoms with E-state index in [1.54, 1.807) is 0 Å². The molecule has 0 aliphatic heterocycles. The van der Waals surface area contributed by atoms with Gasteiger partial charge in [-0.2, -0.15) is 0 Å². The van der Waals surface area contributed by atoms with Crippen LogP contribution in [0.2, 0.25) is 0 Å². The van der Waals surface area contributed by atoms with Crippen molar-refractivity contribution in [2.45, 2.75) is 33.6 Å². The van der Waals surface area contributed by atoms with Gasteiger partial charge in [-0.1, -0.05) is 127 Å². The summed E-state index contributed by atoms with van der Waals surface area (Å²) < 4.78 is 0. The molecule has 234 valence electrons. The molecule has 0 atom stereocenters. The largest absolute Gasteiger partial charge is 0.0870 e. The summed E-state index contributed by atoms with van der Waals surface area (Å²) in [5.74, 6) is 0. The van der Waals surface area contributed by atoms with Gasteiger partial charge < -0.3 is 0 Å². The van der Waals surface area contributed by atoms with Crippen molar-refractivity contribution in [1.29, 1.82) is 0 Å². The van der Waals surface area contributed by atoms with Crippen molar-refractivity contribution in [1.82, 2.24) is 0 Å². The number of allylic oxidation sites excluding steroid dienone is 2. The summed E-state index contributed by atoms with van der Waals surface area (Å²) in [5.41, 5.74) is 14.4. The van der Waals surface area contributed by atoms with Gasteiger partial charge in [-0.3, -0.25) is 0 Å². The van der Waals surface area contributed by atoms with Crippen LogP contribution < -0.4 is 0 Å². The van der Waals surface area contributed by atoms with Gasteiger partial charge in [-0.25, -0.2) is 0 Å². The second kappa shape index (κ2) is 11.8. The Bertz CT molecular complexity index is 2680. The topological polar surface area (TPSA) is 0 Å². The fraction of sp³-hybridized carbons (Fsp3) is 0.102. The van der Waals surface area contributed by atoms with Gasteiger partial charge in [0.2, 0.25) is 0 Å². The van der Waals surface area contributed by atoms with E-state index in [2.05, 4.69) is 172 Å². The Hall–Kier alpha value is -5.72. The first kappa shape index (κ1) is 29.4. The van der Waals surface area contributed by atoms with E-state index in [1.807, 2.05) is 0 Å². The summed E-state index contributed by atoms with van der Waals surface area (Å²) in [6.07, 6.45) is 9.04. The maximum absolute atomic E-state index is 2.46. The van der Waals surface area contributed by atoms with Gasteiger partial charge in [-0.05, 0) is 163 Å². The maximum Gasteiger partial charge on any atom is -0.00923 e. The first-order chi connectivity index (χ1) is 24.1. The van der Waals surface area contributed by atoms with E-state index < -0.39 is 0 Å². The van der Waals surface area contributed by atoms with E-state index in [1.165, 1.54) is 104 Å². The second-order valence-corrected chi connectivity index (χ2v) is 13.8. The van der Waals surface area contributed by atoms with Crippen LogP contribution in [0.4, 0.5) is 0 Å². The molecule has 9 rings (SSSR count). The van der Waals surface area contributed by atoms with Crippen molar-refractivity contribution in [2.24, 2.45) is 0 Å². The number of hydrogen-bond donors (Lipinski definition) is 0. The lowest BCUT2D eigenvalue weighted by atomic mass is 9.85. The molecule has 0 nitrogen and oxygen atoms in total. The van der Waals surface area contributed by atoms with Crippen LogP contribution in [0.3, 0.4) is 0 Å². The van der Waals surface area contributed by atoms with Crippen molar-refractivity contribution in [2.75, 3.05) is 0 Å². The Morgan fingerprint density at radius 2 is 1.14 bits per heavy atom. The van der Waals surface area contributed by atoms with Crippen LogP contribution in [0.1, 0.15) is 42.5 Å². The molecule has 8 aromatic carbocycles. The van der Waals surface area contributed by atoms with E-state index in [9.17, 15) is 0 Å². The highest BCUT2D eigenvalue weighted by Gasteiger charge is 2.17.